The first-order chi connectivity index (χ1) is 9.64. The van der Waals surface area contributed by atoms with Crippen molar-refractivity contribution in [2.75, 3.05) is 26.0 Å². The first-order valence-electron chi connectivity index (χ1n) is 7.36. The van der Waals surface area contributed by atoms with Gasteiger partial charge in [0, 0.05) is 32.2 Å². The summed E-state index contributed by atoms with van der Waals surface area (Å²) in [5, 5.41) is 0. The minimum absolute atomic E-state index is 0.171. The van der Waals surface area contributed by atoms with Gasteiger partial charge in [-0.3, -0.25) is 9.36 Å². The lowest BCUT2D eigenvalue weighted by atomic mass is 10.0. The highest BCUT2D eigenvalue weighted by Gasteiger charge is 2.31. The second-order valence-electron chi connectivity index (χ2n) is 4.39. The van der Waals surface area contributed by atoms with Gasteiger partial charge in [-0.1, -0.05) is 0 Å². The van der Waals surface area contributed by atoms with Crippen molar-refractivity contribution in [2.45, 2.75) is 58.7 Å². The van der Waals surface area contributed by atoms with E-state index < -0.39 is 5.79 Å². The van der Waals surface area contributed by atoms with Crippen LogP contribution in [0.4, 0.5) is 0 Å². The van der Waals surface area contributed by atoms with Gasteiger partial charge in [0.15, 0.2) is 14.2 Å². The predicted octanol–water partition coefficient (Wildman–Crippen LogP) is 3.56. The van der Waals surface area contributed by atoms with Crippen molar-refractivity contribution in [3.63, 3.8) is 0 Å². The zero-order chi connectivity index (χ0) is 15.3. The summed E-state index contributed by atoms with van der Waals surface area (Å²) >= 11 is 0. The third-order valence-electron chi connectivity index (χ3n) is 2.89. The fourth-order valence-electron chi connectivity index (χ4n) is 2.08. The van der Waals surface area contributed by atoms with E-state index in [1.165, 1.54) is 0 Å². The highest BCUT2D eigenvalue weighted by Crippen LogP contribution is 2.27. The molecular formula is C14H27O5P. The Balaban J connectivity index is 4.47. The van der Waals surface area contributed by atoms with E-state index in [1.54, 1.807) is 6.92 Å². The summed E-state index contributed by atoms with van der Waals surface area (Å²) in [6.07, 6.45) is 3.83. The number of hydrogen-bond donors (Lipinski definition) is 0. The minimum atomic E-state index is -0.726. The Labute approximate surface area is 123 Å². The monoisotopic (exact) mass is 306 g/mol. The molecule has 0 heterocycles. The molecule has 0 bridgehead atoms. The molecule has 0 radical (unpaired) electrons. The number of carbonyl (C=O) groups excluding carboxylic acids is 1. The van der Waals surface area contributed by atoms with Gasteiger partial charge in [-0.05, 0) is 33.6 Å². The predicted molar refractivity (Wildman–Crippen MR) is 78.2 cm³/mol. The summed E-state index contributed by atoms with van der Waals surface area (Å²) in [7, 11) is 0.171. The molecule has 0 aromatic heterocycles. The quantitative estimate of drug-likeness (QED) is 0.225. The molecule has 5 nitrogen and oxygen atoms in total. The maximum Gasteiger partial charge on any atom is 0.305 e. The molecule has 0 aliphatic heterocycles. The van der Waals surface area contributed by atoms with Crippen LogP contribution in [0.5, 0.6) is 0 Å². The lowest BCUT2D eigenvalue weighted by Gasteiger charge is -2.33. The van der Waals surface area contributed by atoms with Crippen molar-refractivity contribution in [1.82, 2.24) is 0 Å². The Morgan fingerprint density at radius 1 is 1.00 bits per heavy atom. The molecule has 0 aliphatic rings. The van der Waals surface area contributed by atoms with E-state index in [2.05, 4.69) is 0 Å². The van der Waals surface area contributed by atoms with Crippen LogP contribution in [0.2, 0.25) is 0 Å². The normalized spacial score (nSPS) is 11.8. The fourth-order valence-corrected chi connectivity index (χ4v) is 2.43. The topological polar surface area (TPSA) is 61.8 Å². The van der Waals surface area contributed by atoms with Gasteiger partial charge in [0.25, 0.3) is 0 Å². The Bertz CT molecular complexity index is 264. The third-order valence-corrected chi connectivity index (χ3v) is 3.39. The molecule has 6 heteroatoms. The van der Waals surface area contributed by atoms with Crippen molar-refractivity contribution < 1.29 is 23.6 Å². The molecule has 0 aromatic carbocycles. The van der Waals surface area contributed by atoms with Crippen molar-refractivity contribution in [3.05, 3.63) is 0 Å². The van der Waals surface area contributed by atoms with Crippen LogP contribution >= 0.6 is 8.46 Å². The van der Waals surface area contributed by atoms with Crippen LogP contribution in [0.15, 0.2) is 0 Å². The molecule has 0 saturated heterocycles. The van der Waals surface area contributed by atoms with E-state index in [9.17, 15) is 9.36 Å². The van der Waals surface area contributed by atoms with Gasteiger partial charge in [0.2, 0.25) is 0 Å². The Hall–Kier alpha value is -0.510. The minimum Gasteiger partial charge on any atom is -0.466 e. The number of hydrogen-bond acceptors (Lipinski definition) is 5. The standard InChI is InChI=1S/C14H27O5P/c1-4-17-13(15)9-11-14(18-5-2,19-6-3)10-7-8-12-20-16/h4-12H2,1-3H3. The summed E-state index contributed by atoms with van der Waals surface area (Å²) < 4.78 is 26.9. The molecule has 0 spiro atoms. The number of ether oxygens (including phenoxy) is 3. The Morgan fingerprint density at radius 2 is 1.65 bits per heavy atom. The molecule has 0 saturated carbocycles. The first kappa shape index (κ1) is 19.5. The summed E-state index contributed by atoms with van der Waals surface area (Å²) in [4.78, 5) is 11.5. The summed E-state index contributed by atoms with van der Waals surface area (Å²) in [6, 6.07) is 0. The maximum atomic E-state index is 11.5. The van der Waals surface area contributed by atoms with Gasteiger partial charge in [-0.15, -0.1) is 0 Å². The van der Waals surface area contributed by atoms with E-state index in [4.69, 9.17) is 14.2 Å². The summed E-state index contributed by atoms with van der Waals surface area (Å²) in [5.74, 6) is -0.954. The number of esters is 1. The lowest BCUT2D eigenvalue weighted by Crippen LogP contribution is -2.37. The molecule has 0 N–H and O–H groups in total. The first-order valence-corrected chi connectivity index (χ1v) is 8.36. The van der Waals surface area contributed by atoms with Crippen LogP contribution in [-0.4, -0.2) is 37.7 Å². The molecular weight excluding hydrogens is 279 g/mol. The zero-order valence-electron chi connectivity index (χ0n) is 12.9. The number of unbranched alkanes of at least 4 members (excludes halogenated alkanes) is 1. The summed E-state index contributed by atoms with van der Waals surface area (Å²) in [5.41, 5.74) is 0. The largest absolute Gasteiger partial charge is 0.466 e. The summed E-state index contributed by atoms with van der Waals surface area (Å²) in [6.45, 7) is 7.06. The van der Waals surface area contributed by atoms with Crippen molar-refractivity contribution in [2.24, 2.45) is 0 Å². The zero-order valence-corrected chi connectivity index (χ0v) is 13.7. The SMILES string of the molecule is CCOC(=O)CCC(CCCCP=O)(OCC)OCC. The Kier molecular flexibility index (Phi) is 11.9. The maximum absolute atomic E-state index is 11.5. The molecule has 0 amide bonds. The molecule has 0 aromatic rings. The van der Waals surface area contributed by atoms with Crippen molar-refractivity contribution in [1.29, 1.82) is 0 Å². The van der Waals surface area contributed by atoms with Gasteiger partial charge in [0.05, 0.1) is 13.0 Å². The van der Waals surface area contributed by atoms with E-state index in [-0.39, 0.29) is 20.9 Å². The highest BCUT2D eigenvalue weighted by molar-refractivity contribution is 7.23. The highest BCUT2D eigenvalue weighted by atomic mass is 31.1. The molecule has 0 atom stereocenters. The Morgan fingerprint density at radius 3 is 2.15 bits per heavy atom. The number of carbonyl (C=O) groups is 1. The van der Waals surface area contributed by atoms with Gasteiger partial charge in [-0.25, -0.2) is 0 Å². The smallest absolute Gasteiger partial charge is 0.305 e. The molecule has 20 heavy (non-hydrogen) atoms. The van der Waals surface area contributed by atoms with Gasteiger partial charge in [0.1, 0.15) is 0 Å². The molecule has 0 unspecified atom stereocenters. The molecule has 118 valence electrons. The van der Waals surface area contributed by atoms with Crippen LogP contribution in [0.3, 0.4) is 0 Å². The third kappa shape index (κ3) is 8.62. The van der Waals surface area contributed by atoms with Crippen LogP contribution in [0, 0.1) is 0 Å². The van der Waals surface area contributed by atoms with Gasteiger partial charge < -0.3 is 14.2 Å². The second kappa shape index (κ2) is 12.2. The molecule has 0 aliphatic carbocycles. The average Bonchev–Trinajstić information content (AvgIpc) is 2.42. The van der Waals surface area contributed by atoms with E-state index in [1.807, 2.05) is 13.8 Å². The van der Waals surface area contributed by atoms with Gasteiger partial charge >= 0.3 is 5.97 Å². The second-order valence-corrected chi connectivity index (χ2v) is 5.10. The fraction of sp³-hybridized carbons (Fsp3) is 0.929. The number of rotatable bonds is 13. The van der Waals surface area contributed by atoms with E-state index in [0.717, 1.165) is 12.8 Å². The molecule has 0 rings (SSSR count). The van der Waals surface area contributed by atoms with Crippen LogP contribution in [0.1, 0.15) is 52.9 Å². The van der Waals surface area contributed by atoms with Crippen LogP contribution < -0.4 is 0 Å². The van der Waals surface area contributed by atoms with Crippen LogP contribution in [-0.2, 0) is 23.6 Å². The van der Waals surface area contributed by atoms with E-state index in [0.29, 0.717) is 38.8 Å². The average molecular weight is 306 g/mol. The van der Waals surface area contributed by atoms with E-state index >= 15 is 0 Å². The van der Waals surface area contributed by atoms with Crippen molar-refractivity contribution >= 4 is 14.4 Å². The van der Waals surface area contributed by atoms with Crippen molar-refractivity contribution in [3.8, 4) is 0 Å². The molecule has 0 fully saturated rings. The lowest BCUT2D eigenvalue weighted by molar-refractivity contribution is -0.242. The van der Waals surface area contributed by atoms with Crippen LogP contribution in [0.25, 0.3) is 0 Å². The van der Waals surface area contributed by atoms with Gasteiger partial charge in [-0.2, -0.15) is 0 Å².